The normalized spacial score (nSPS) is 18.8. The van der Waals surface area contributed by atoms with E-state index in [1.807, 2.05) is 87.6 Å². The molecule has 1 atom stereocenters. The first-order chi connectivity index (χ1) is 24.0. The number of benzene rings is 2. The van der Waals surface area contributed by atoms with Crippen LogP contribution in [-0.2, 0) is 25.5 Å². The summed E-state index contributed by atoms with van der Waals surface area (Å²) in [6, 6.07) is 19.4. The summed E-state index contributed by atoms with van der Waals surface area (Å²) in [7, 11) is 1.84. The summed E-state index contributed by atoms with van der Waals surface area (Å²) in [5.41, 5.74) is 2.98. The maximum atomic E-state index is 12.9. The number of anilines is 2. The zero-order chi connectivity index (χ0) is 35.8. The van der Waals surface area contributed by atoms with E-state index in [1.54, 1.807) is 41.4 Å². The van der Waals surface area contributed by atoms with Crippen LogP contribution in [0.2, 0.25) is 0 Å². The number of carbonyl (C=O) groups is 3. The molecule has 0 spiro atoms. The van der Waals surface area contributed by atoms with Gasteiger partial charge in [-0.25, -0.2) is 9.48 Å². The number of alkyl carbamates (subject to hydrolysis) is 1. The molecule has 0 saturated carbocycles. The standard InChI is InChI=1S/C19H24N4O3.C19H27N3O2/c1-5-22-16-13(12-20-23(16)14-9-7-6-8-10-14)11-15(17(22)24)21-18(25)26-19(2,3)4;1-3-16(19(23)20(2)17-7-5-4-6-8-17)13-21-9-11-22(12-10-21)18-14-24-15-18/h6-10,12,15H,5,11H2,1-4H3,(H,21,25);3-8,18H,9-15H2,1-2H3/b;16-3+. The number of hydrogen-bond acceptors (Lipinski definition) is 8. The van der Waals surface area contributed by atoms with Gasteiger partial charge in [0, 0.05) is 69.6 Å². The second kappa shape index (κ2) is 16.5. The molecule has 0 bridgehead atoms. The molecule has 0 radical (unpaired) electrons. The summed E-state index contributed by atoms with van der Waals surface area (Å²) in [4.78, 5) is 46.0. The molecule has 12 heteroatoms. The molecule has 268 valence electrons. The molecular formula is C38H51N7O5. The number of nitrogens with zero attached hydrogens (tertiary/aromatic N) is 6. The first kappa shape index (κ1) is 36.8. The van der Waals surface area contributed by atoms with Crippen molar-refractivity contribution in [2.45, 2.75) is 58.7 Å². The van der Waals surface area contributed by atoms with Crippen molar-refractivity contribution >= 4 is 29.4 Å². The summed E-state index contributed by atoms with van der Waals surface area (Å²) in [5, 5.41) is 7.14. The van der Waals surface area contributed by atoms with Crippen molar-refractivity contribution in [3.05, 3.63) is 84.1 Å². The number of fused-ring (bicyclic) bond motifs is 1. The van der Waals surface area contributed by atoms with Crippen LogP contribution in [0, 0.1) is 0 Å². The summed E-state index contributed by atoms with van der Waals surface area (Å²) >= 11 is 0. The third-order valence-electron chi connectivity index (χ3n) is 9.08. The molecular weight excluding hydrogens is 634 g/mol. The van der Waals surface area contributed by atoms with Crippen LogP contribution in [-0.4, -0.2) is 115 Å². The molecule has 0 aliphatic carbocycles. The van der Waals surface area contributed by atoms with Crippen molar-refractivity contribution in [2.24, 2.45) is 0 Å². The van der Waals surface area contributed by atoms with E-state index >= 15 is 0 Å². The highest BCUT2D eigenvalue weighted by molar-refractivity contribution is 6.05. The number of para-hydroxylation sites is 2. The van der Waals surface area contributed by atoms with Crippen molar-refractivity contribution in [3.63, 3.8) is 0 Å². The van der Waals surface area contributed by atoms with Gasteiger partial charge in [0.25, 0.3) is 11.8 Å². The minimum Gasteiger partial charge on any atom is -0.444 e. The average Bonchev–Trinajstić information content (AvgIpc) is 3.50. The minimum absolute atomic E-state index is 0.0820. The van der Waals surface area contributed by atoms with Gasteiger partial charge in [0.05, 0.1) is 31.1 Å². The Morgan fingerprint density at radius 2 is 1.66 bits per heavy atom. The number of piperazine rings is 1. The van der Waals surface area contributed by atoms with Crippen LogP contribution in [0.1, 0.15) is 40.2 Å². The molecule has 3 aromatic rings. The Bertz CT molecular complexity index is 1620. The number of likely N-dealkylation sites (N-methyl/N-ethyl adjacent to an activating group) is 2. The molecule has 2 saturated heterocycles. The Hall–Kier alpha value is -4.52. The van der Waals surface area contributed by atoms with Gasteiger partial charge < -0.3 is 19.7 Å². The molecule has 1 N–H and O–H groups in total. The van der Waals surface area contributed by atoms with Crippen LogP contribution >= 0.6 is 0 Å². The number of ether oxygens (including phenoxy) is 2. The smallest absolute Gasteiger partial charge is 0.408 e. The minimum atomic E-state index is -0.661. The lowest BCUT2D eigenvalue weighted by Crippen LogP contribution is -2.56. The van der Waals surface area contributed by atoms with Gasteiger partial charge in [0.2, 0.25) is 0 Å². The van der Waals surface area contributed by atoms with Gasteiger partial charge in [-0.2, -0.15) is 5.10 Å². The highest BCUT2D eigenvalue weighted by Crippen LogP contribution is 2.30. The quantitative estimate of drug-likeness (QED) is 0.350. The van der Waals surface area contributed by atoms with Crippen molar-refractivity contribution < 1.29 is 23.9 Å². The molecule has 2 aromatic carbocycles. The lowest BCUT2D eigenvalue weighted by atomic mass is 10.0. The third-order valence-corrected chi connectivity index (χ3v) is 9.08. The molecule has 3 amide bonds. The maximum absolute atomic E-state index is 12.9. The Balaban J connectivity index is 0.000000195. The first-order valence-corrected chi connectivity index (χ1v) is 17.4. The molecule has 12 nitrogen and oxygen atoms in total. The van der Waals surface area contributed by atoms with Gasteiger partial charge in [0.15, 0.2) is 0 Å². The molecule has 50 heavy (non-hydrogen) atoms. The maximum Gasteiger partial charge on any atom is 0.408 e. The fourth-order valence-electron chi connectivity index (χ4n) is 6.26. The van der Waals surface area contributed by atoms with E-state index < -0.39 is 17.7 Å². The van der Waals surface area contributed by atoms with E-state index in [0.717, 1.165) is 74.3 Å². The van der Waals surface area contributed by atoms with Crippen molar-refractivity contribution in [3.8, 4) is 5.69 Å². The number of aromatic nitrogens is 2. The Morgan fingerprint density at radius 3 is 2.22 bits per heavy atom. The van der Waals surface area contributed by atoms with E-state index in [9.17, 15) is 14.4 Å². The number of amides is 3. The molecule has 3 aliphatic rings. The van der Waals surface area contributed by atoms with Crippen LogP contribution in [0.25, 0.3) is 5.69 Å². The number of hydrogen-bond donors (Lipinski definition) is 1. The fourth-order valence-corrected chi connectivity index (χ4v) is 6.26. The number of rotatable bonds is 8. The van der Waals surface area contributed by atoms with Gasteiger partial charge in [-0.05, 0) is 58.9 Å². The predicted molar refractivity (Wildman–Crippen MR) is 195 cm³/mol. The summed E-state index contributed by atoms with van der Waals surface area (Å²) in [6.07, 6.45) is 3.50. The van der Waals surface area contributed by atoms with Gasteiger partial charge in [-0.3, -0.25) is 24.3 Å². The lowest BCUT2D eigenvalue weighted by Gasteiger charge is -2.42. The highest BCUT2D eigenvalue weighted by Gasteiger charge is 2.37. The van der Waals surface area contributed by atoms with Crippen molar-refractivity contribution in [2.75, 3.05) is 69.3 Å². The SMILES string of the molecule is C/C=C(\CN1CCN(C2COC2)CC1)C(=O)N(C)c1ccccc1.CCN1C(=O)C(NC(=O)OC(C)(C)C)Cc2cnn(-c3ccccc3)c21. The molecule has 6 rings (SSSR count). The monoisotopic (exact) mass is 685 g/mol. The largest absolute Gasteiger partial charge is 0.444 e. The molecule has 1 unspecified atom stereocenters. The zero-order valence-electron chi connectivity index (χ0n) is 30.2. The van der Waals surface area contributed by atoms with E-state index in [4.69, 9.17) is 9.47 Å². The van der Waals surface area contributed by atoms with Gasteiger partial charge in [-0.1, -0.05) is 42.5 Å². The van der Waals surface area contributed by atoms with Gasteiger partial charge in [-0.15, -0.1) is 0 Å². The van der Waals surface area contributed by atoms with Gasteiger partial charge in [0.1, 0.15) is 17.5 Å². The van der Waals surface area contributed by atoms with Crippen LogP contribution in [0.15, 0.2) is 78.5 Å². The lowest BCUT2D eigenvalue weighted by molar-refractivity contribution is -0.121. The van der Waals surface area contributed by atoms with Crippen molar-refractivity contribution in [1.82, 2.24) is 24.9 Å². The fraction of sp³-hybridized carbons (Fsp3) is 0.474. The topological polar surface area (TPSA) is 112 Å². The van der Waals surface area contributed by atoms with Crippen LogP contribution in [0.5, 0.6) is 0 Å². The van der Waals surface area contributed by atoms with E-state index in [-0.39, 0.29) is 11.8 Å². The van der Waals surface area contributed by atoms with Crippen LogP contribution < -0.4 is 15.1 Å². The molecule has 2 fully saturated rings. The first-order valence-electron chi connectivity index (χ1n) is 17.4. The second-order valence-corrected chi connectivity index (χ2v) is 13.7. The number of allylic oxidation sites excluding steroid dienone is 1. The Kier molecular flexibility index (Phi) is 12.1. The van der Waals surface area contributed by atoms with Gasteiger partial charge >= 0.3 is 6.09 Å². The summed E-state index contributed by atoms with van der Waals surface area (Å²) in [5.74, 6) is 0.674. The Labute approximate surface area is 295 Å². The summed E-state index contributed by atoms with van der Waals surface area (Å²) in [6.45, 7) is 16.3. The molecule has 1 aromatic heterocycles. The third kappa shape index (κ3) is 8.98. The molecule has 3 aliphatic heterocycles. The van der Waals surface area contributed by atoms with Crippen LogP contribution in [0.4, 0.5) is 16.3 Å². The predicted octanol–water partition coefficient (Wildman–Crippen LogP) is 4.29. The summed E-state index contributed by atoms with van der Waals surface area (Å²) < 4.78 is 12.3. The average molecular weight is 686 g/mol. The van der Waals surface area contributed by atoms with E-state index in [2.05, 4.69) is 20.2 Å². The zero-order valence-corrected chi connectivity index (χ0v) is 30.2. The van der Waals surface area contributed by atoms with E-state index in [0.29, 0.717) is 19.0 Å². The van der Waals surface area contributed by atoms with Crippen LogP contribution in [0.3, 0.4) is 0 Å². The number of nitrogens with one attached hydrogen (secondary N) is 1. The Morgan fingerprint density at radius 1 is 1.02 bits per heavy atom. The second-order valence-electron chi connectivity index (χ2n) is 13.7. The highest BCUT2D eigenvalue weighted by atomic mass is 16.6. The van der Waals surface area contributed by atoms with E-state index in [1.165, 1.54) is 0 Å². The van der Waals surface area contributed by atoms with Crippen molar-refractivity contribution in [1.29, 1.82) is 0 Å². The number of carbonyl (C=O) groups excluding carboxylic acids is 3. The molecule has 4 heterocycles.